The zero-order valence-corrected chi connectivity index (χ0v) is 15.3. The lowest BCUT2D eigenvalue weighted by Gasteiger charge is -2.25. The van der Waals surface area contributed by atoms with Crippen molar-refractivity contribution in [2.24, 2.45) is 0 Å². The lowest BCUT2D eigenvalue weighted by Crippen LogP contribution is -2.43. The predicted octanol–water partition coefficient (Wildman–Crippen LogP) is 2.78. The summed E-state index contributed by atoms with van der Waals surface area (Å²) in [5.41, 5.74) is 2.05. The Hall–Kier alpha value is -1.27. The molecular weight excluding hydrogens is 336 g/mol. The Bertz CT molecular complexity index is 674. The molecule has 0 atom stereocenters. The van der Waals surface area contributed by atoms with Crippen molar-refractivity contribution in [3.63, 3.8) is 0 Å². The molecule has 1 aromatic carbocycles. The number of carbonyl (C=O) groups excluding carboxylic acids is 1. The highest BCUT2D eigenvalue weighted by molar-refractivity contribution is 7.92. The Labute approximate surface area is 143 Å². The molecule has 23 heavy (non-hydrogen) atoms. The van der Waals surface area contributed by atoms with Crippen molar-refractivity contribution in [2.75, 3.05) is 17.1 Å². The maximum atomic E-state index is 12.3. The van der Waals surface area contributed by atoms with Gasteiger partial charge in [-0.05, 0) is 43.9 Å². The van der Waals surface area contributed by atoms with Gasteiger partial charge in [-0.3, -0.25) is 9.10 Å². The van der Waals surface area contributed by atoms with Gasteiger partial charge >= 0.3 is 0 Å². The van der Waals surface area contributed by atoms with Crippen LogP contribution in [-0.2, 0) is 14.8 Å². The maximum Gasteiger partial charge on any atom is 0.240 e. The number of hydrogen-bond acceptors (Lipinski definition) is 3. The van der Waals surface area contributed by atoms with Crippen molar-refractivity contribution in [1.29, 1.82) is 0 Å². The lowest BCUT2D eigenvalue weighted by atomic mass is 10.1. The number of nitrogens with zero attached hydrogens (tertiary/aromatic N) is 1. The first-order valence-electron chi connectivity index (χ1n) is 7.72. The molecule has 0 bridgehead atoms. The third kappa shape index (κ3) is 4.61. The zero-order valence-electron chi connectivity index (χ0n) is 13.7. The van der Waals surface area contributed by atoms with Gasteiger partial charge in [0.15, 0.2) is 0 Å². The number of hydrogen-bond donors (Lipinski definition) is 1. The number of amides is 1. The van der Waals surface area contributed by atoms with Crippen molar-refractivity contribution in [2.45, 2.75) is 45.6 Å². The van der Waals surface area contributed by atoms with E-state index in [0.717, 1.165) is 47.4 Å². The molecule has 1 aliphatic carbocycles. The topological polar surface area (TPSA) is 66.5 Å². The highest BCUT2D eigenvalue weighted by Gasteiger charge is 2.26. The van der Waals surface area contributed by atoms with Crippen LogP contribution >= 0.6 is 11.6 Å². The standard InChI is InChI=1S/C16H23ClN2O3S/c1-11-8-12(2)16(14(17)9-11)19(23(3,21)22)10-15(20)18-13-6-4-5-7-13/h8-9,13H,4-7,10H2,1-3H3,(H,18,20). The molecule has 1 N–H and O–H groups in total. The van der Waals surface area contributed by atoms with Gasteiger partial charge in [-0.15, -0.1) is 0 Å². The third-order valence-corrected chi connectivity index (χ3v) is 5.46. The summed E-state index contributed by atoms with van der Waals surface area (Å²) in [6.45, 7) is 3.43. The average molecular weight is 359 g/mol. The first-order chi connectivity index (χ1) is 10.7. The summed E-state index contributed by atoms with van der Waals surface area (Å²) in [6.07, 6.45) is 5.20. The molecule has 0 unspecified atom stereocenters. The first-order valence-corrected chi connectivity index (χ1v) is 9.95. The fourth-order valence-corrected chi connectivity index (χ4v) is 4.46. The van der Waals surface area contributed by atoms with Gasteiger partial charge in [-0.1, -0.05) is 30.5 Å². The van der Waals surface area contributed by atoms with E-state index in [4.69, 9.17) is 11.6 Å². The van der Waals surface area contributed by atoms with Gasteiger partial charge in [-0.2, -0.15) is 0 Å². The molecule has 1 amide bonds. The van der Waals surface area contributed by atoms with E-state index in [1.54, 1.807) is 13.0 Å². The zero-order chi connectivity index (χ0) is 17.2. The summed E-state index contributed by atoms with van der Waals surface area (Å²) in [5.74, 6) is -0.293. The second-order valence-corrected chi connectivity index (χ2v) is 8.54. The van der Waals surface area contributed by atoms with Crippen LogP contribution in [0.5, 0.6) is 0 Å². The first kappa shape index (κ1) is 18.1. The van der Waals surface area contributed by atoms with E-state index in [9.17, 15) is 13.2 Å². The molecule has 1 aliphatic rings. The molecule has 1 fully saturated rings. The van der Waals surface area contributed by atoms with E-state index in [2.05, 4.69) is 5.32 Å². The molecule has 0 saturated heterocycles. The van der Waals surface area contributed by atoms with Crippen molar-refractivity contribution >= 4 is 33.2 Å². The van der Waals surface area contributed by atoms with Crippen LogP contribution in [0.25, 0.3) is 0 Å². The SMILES string of the molecule is Cc1cc(C)c(N(CC(=O)NC2CCCC2)S(C)(=O)=O)c(Cl)c1. The number of rotatable bonds is 5. The molecule has 0 aromatic heterocycles. The Kier molecular flexibility index (Phi) is 5.57. The number of sulfonamides is 1. The largest absolute Gasteiger partial charge is 0.352 e. The second-order valence-electron chi connectivity index (χ2n) is 6.23. The van der Waals surface area contributed by atoms with Crippen LogP contribution in [-0.4, -0.2) is 33.2 Å². The lowest BCUT2D eigenvalue weighted by molar-refractivity contribution is -0.120. The van der Waals surface area contributed by atoms with E-state index in [-0.39, 0.29) is 18.5 Å². The Morgan fingerprint density at radius 2 is 1.91 bits per heavy atom. The molecule has 5 nitrogen and oxygen atoms in total. The fourth-order valence-electron chi connectivity index (χ4n) is 3.06. The quantitative estimate of drug-likeness (QED) is 0.880. The van der Waals surface area contributed by atoms with Gasteiger partial charge in [0.05, 0.1) is 17.0 Å². The van der Waals surface area contributed by atoms with Crippen LogP contribution in [0.15, 0.2) is 12.1 Å². The molecule has 2 rings (SSSR count). The molecule has 1 saturated carbocycles. The molecule has 0 aliphatic heterocycles. The van der Waals surface area contributed by atoms with Gasteiger partial charge in [0.25, 0.3) is 0 Å². The van der Waals surface area contributed by atoms with Crippen LogP contribution < -0.4 is 9.62 Å². The minimum Gasteiger partial charge on any atom is -0.352 e. The summed E-state index contributed by atoms with van der Waals surface area (Å²) in [4.78, 5) is 12.3. The number of nitrogens with one attached hydrogen (secondary N) is 1. The number of carbonyl (C=O) groups is 1. The molecule has 0 spiro atoms. The van der Waals surface area contributed by atoms with Crippen LogP contribution in [0.3, 0.4) is 0 Å². The fraction of sp³-hybridized carbons (Fsp3) is 0.562. The van der Waals surface area contributed by atoms with Gasteiger partial charge < -0.3 is 5.32 Å². The van der Waals surface area contributed by atoms with Crippen molar-refractivity contribution in [3.8, 4) is 0 Å². The van der Waals surface area contributed by atoms with Gasteiger partial charge in [-0.25, -0.2) is 8.42 Å². The summed E-state index contributed by atoms with van der Waals surface area (Å²) in [7, 11) is -3.62. The molecule has 7 heteroatoms. The van der Waals surface area contributed by atoms with Crippen molar-refractivity contribution in [3.05, 3.63) is 28.3 Å². The molecule has 0 radical (unpaired) electrons. The number of anilines is 1. The van der Waals surface area contributed by atoms with Gasteiger partial charge in [0.2, 0.25) is 15.9 Å². The highest BCUT2D eigenvalue weighted by Crippen LogP contribution is 2.32. The van der Waals surface area contributed by atoms with E-state index in [0.29, 0.717) is 10.7 Å². The summed E-state index contributed by atoms with van der Waals surface area (Å²) < 4.78 is 25.5. The summed E-state index contributed by atoms with van der Waals surface area (Å²) >= 11 is 6.25. The number of aryl methyl sites for hydroxylation is 2. The normalized spacial score (nSPS) is 15.7. The summed E-state index contributed by atoms with van der Waals surface area (Å²) in [6, 6.07) is 3.71. The Balaban J connectivity index is 2.26. The van der Waals surface area contributed by atoms with Crippen LogP contribution in [0.2, 0.25) is 5.02 Å². The van der Waals surface area contributed by atoms with Crippen molar-refractivity contribution in [1.82, 2.24) is 5.32 Å². The van der Waals surface area contributed by atoms with Gasteiger partial charge in [0.1, 0.15) is 6.54 Å². The second kappa shape index (κ2) is 7.09. The smallest absolute Gasteiger partial charge is 0.240 e. The molecule has 128 valence electrons. The minimum absolute atomic E-state index is 0.151. The van der Waals surface area contributed by atoms with Crippen LogP contribution in [0, 0.1) is 13.8 Å². The maximum absolute atomic E-state index is 12.3. The van der Waals surface area contributed by atoms with Gasteiger partial charge in [0, 0.05) is 6.04 Å². The minimum atomic E-state index is -3.62. The summed E-state index contributed by atoms with van der Waals surface area (Å²) in [5, 5.41) is 3.25. The monoisotopic (exact) mass is 358 g/mol. The molecule has 0 heterocycles. The van der Waals surface area contributed by atoms with Crippen molar-refractivity contribution < 1.29 is 13.2 Å². The van der Waals surface area contributed by atoms with E-state index in [1.165, 1.54) is 0 Å². The Morgan fingerprint density at radius 3 is 2.43 bits per heavy atom. The van der Waals surface area contributed by atoms with E-state index >= 15 is 0 Å². The number of halogens is 1. The molecular formula is C16H23ClN2O3S. The molecule has 1 aromatic rings. The third-order valence-electron chi connectivity index (χ3n) is 4.06. The highest BCUT2D eigenvalue weighted by atomic mass is 35.5. The number of benzene rings is 1. The van der Waals surface area contributed by atoms with Crippen LogP contribution in [0.1, 0.15) is 36.8 Å². The predicted molar refractivity (Wildman–Crippen MR) is 93.5 cm³/mol. The Morgan fingerprint density at radius 1 is 1.30 bits per heavy atom. The van der Waals surface area contributed by atoms with E-state index in [1.807, 2.05) is 13.0 Å². The average Bonchev–Trinajstić information content (AvgIpc) is 2.88. The van der Waals surface area contributed by atoms with E-state index < -0.39 is 10.0 Å². The van der Waals surface area contributed by atoms with Crippen LogP contribution in [0.4, 0.5) is 5.69 Å².